The maximum absolute atomic E-state index is 13.4. The van der Waals surface area contributed by atoms with E-state index in [4.69, 9.17) is 4.42 Å². The highest BCUT2D eigenvalue weighted by Crippen LogP contribution is 2.50. The van der Waals surface area contributed by atoms with Gasteiger partial charge < -0.3 is 15.1 Å². The molecular formula is C23H28N4O5. The maximum atomic E-state index is 13.4. The quantitative estimate of drug-likeness (QED) is 0.564. The Balaban J connectivity index is 1.51. The van der Waals surface area contributed by atoms with Crippen molar-refractivity contribution in [1.29, 1.82) is 0 Å². The molecule has 3 N–H and O–H groups in total. The minimum atomic E-state index is -1.14. The van der Waals surface area contributed by atoms with Crippen molar-refractivity contribution in [2.45, 2.75) is 57.5 Å². The Labute approximate surface area is 185 Å². The van der Waals surface area contributed by atoms with Gasteiger partial charge in [0.1, 0.15) is 5.54 Å². The Hall–Kier alpha value is -3.23. The number of hydrogen-bond acceptors (Lipinski definition) is 6. The first kappa shape index (κ1) is 22.0. The van der Waals surface area contributed by atoms with Gasteiger partial charge >= 0.3 is 5.76 Å². The molecule has 0 saturated heterocycles. The summed E-state index contributed by atoms with van der Waals surface area (Å²) in [4.78, 5) is 50.5. The number of rotatable bonds is 7. The molecule has 0 aliphatic heterocycles. The van der Waals surface area contributed by atoms with Crippen molar-refractivity contribution in [1.82, 2.24) is 20.8 Å². The first-order valence-electron chi connectivity index (χ1n) is 11.1. The van der Waals surface area contributed by atoms with E-state index in [1.165, 1.54) is 0 Å². The second-order valence-corrected chi connectivity index (χ2v) is 9.10. The Kier molecular flexibility index (Phi) is 5.99. The number of carbonyl (C=O) groups excluding carboxylic acids is 3. The molecule has 0 spiro atoms. The predicted octanol–water partition coefficient (Wildman–Crippen LogP) is 2.07. The SMILES string of the molecule is CC(C)[C@@H]1CC1(NC(=O)[C@@H]1CCCC[C@@H]1NC(=O)c1ccccc1)C(=O)c1n[nH]c(=O)o1. The molecule has 1 aromatic carbocycles. The fourth-order valence-corrected chi connectivity index (χ4v) is 4.84. The number of Topliss-reactive ketones (excluding diaryl/α,β-unsaturated/α-hetero) is 1. The zero-order chi connectivity index (χ0) is 22.9. The summed E-state index contributed by atoms with van der Waals surface area (Å²) in [6, 6.07) is 8.57. The molecule has 9 nitrogen and oxygen atoms in total. The molecule has 1 heterocycles. The highest BCUT2D eigenvalue weighted by atomic mass is 16.4. The van der Waals surface area contributed by atoms with E-state index < -0.39 is 23.0 Å². The number of aromatic nitrogens is 2. The summed E-state index contributed by atoms with van der Waals surface area (Å²) in [5, 5.41) is 11.7. The number of nitrogens with zero attached hydrogens (tertiary/aromatic N) is 1. The van der Waals surface area contributed by atoms with Crippen LogP contribution in [0.1, 0.15) is 67.0 Å². The summed E-state index contributed by atoms with van der Waals surface area (Å²) in [6.45, 7) is 3.96. The third-order valence-corrected chi connectivity index (χ3v) is 6.66. The monoisotopic (exact) mass is 440 g/mol. The zero-order valence-electron chi connectivity index (χ0n) is 18.2. The van der Waals surface area contributed by atoms with E-state index >= 15 is 0 Å². The van der Waals surface area contributed by atoms with Crippen molar-refractivity contribution in [3.8, 4) is 0 Å². The molecule has 2 aliphatic rings. The van der Waals surface area contributed by atoms with Gasteiger partial charge in [-0.1, -0.05) is 44.9 Å². The van der Waals surface area contributed by atoms with Crippen molar-refractivity contribution >= 4 is 17.6 Å². The predicted molar refractivity (Wildman–Crippen MR) is 115 cm³/mol. The summed E-state index contributed by atoms with van der Waals surface area (Å²) < 4.78 is 4.87. The summed E-state index contributed by atoms with van der Waals surface area (Å²) >= 11 is 0. The number of nitrogens with one attached hydrogen (secondary N) is 3. The zero-order valence-corrected chi connectivity index (χ0v) is 18.2. The number of benzene rings is 1. The molecule has 32 heavy (non-hydrogen) atoms. The van der Waals surface area contributed by atoms with Crippen molar-refractivity contribution in [2.75, 3.05) is 0 Å². The van der Waals surface area contributed by atoms with E-state index in [0.29, 0.717) is 24.8 Å². The van der Waals surface area contributed by atoms with Crippen LogP contribution < -0.4 is 16.4 Å². The van der Waals surface area contributed by atoms with Crippen LogP contribution in [0.15, 0.2) is 39.5 Å². The van der Waals surface area contributed by atoms with E-state index in [1.807, 2.05) is 19.9 Å². The molecule has 2 amide bonds. The van der Waals surface area contributed by atoms with Crippen LogP contribution in [0.25, 0.3) is 0 Å². The lowest BCUT2D eigenvalue weighted by Crippen LogP contribution is -2.53. The normalized spacial score (nSPS) is 27.0. The summed E-state index contributed by atoms with van der Waals surface area (Å²) in [5.74, 6) is -2.50. The average molecular weight is 441 g/mol. The molecule has 2 saturated carbocycles. The van der Waals surface area contributed by atoms with E-state index in [0.717, 1.165) is 12.8 Å². The molecule has 2 aromatic rings. The molecule has 0 radical (unpaired) electrons. The fraction of sp³-hybridized carbons (Fsp3) is 0.522. The number of carbonyl (C=O) groups is 3. The van der Waals surface area contributed by atoms with Crippen LogP contribution in [0.4, 0.5) is 0 Å². The van der Waals surface area contributed by atoms with Gasteiger partial charge in [-0.25, -0.2) is 9.89 Å². The second-order valence-electron chi connectivity index (χ2n) is 9.10. The van der Waals surface area contributed by atoms with Gasteiger partial charge in [0, 0.05) is 11.6 Å². The van der Waals surface area contributed by atoms with E-state index in [1.54, 1.807) is 24.3 Å². The fourth-order valence-electron chi connectivity index (χ4n) is 4.84. The van der Waals surface area contributed by atoms with Crippen LogP contribution in [0.3, 0.4) is 0 Å². The molecule has 2 fully saturated rings. The lowest BCUT2D eigenvalue weighted by atomic mass is 9.83. The van der Waals surface area contributed by atoms with Crippen LogP contribution in [-0.2, 0) is 4.79 Å². The van der Waals surface area contributed by atoms with Gasteiger partial charge in [-0.15, -0.1) is 5.10 Å². The average Bonchev–Trinajstić information content (AvgIpc) is 3.37. The van der Waals surface area contributed by atoms with Gasteiger partial charge in [-0.2, -0.15) is 0 Å². The molecule has 2 aliphatic carbocycles. The highest BCUT2D eigenvalue weighted by molar-refractivity contribution is 6.05. The third-order valence-electron chi connectivity index (χ3n) is 6.66. The first-order valence-corrected chi connectivity index (χ1v) is 11.1. The largest absolute Gasteiger partial charge is 0.434 e. The van der Waals surface area contributed by atoms with Crippen LogP contribution >= 0.6 is 0 Å². The van der Waals surface area contributed by atoms with Crippen molar-refractivity contribution in [2.24, 2.45) is 17.8 Å². The van der Waals surface area contributed by atoms with Crippen LogP contribution in [0.5, 0.6) is 0 Å². The van der Waals surface area contributed by atoms with Gasteiger partial charge in [0.2, 0.25) is 11.7 Å². The van der Waals surface area contributed by atoms with Crippen LogP contribution in [-0.4, -0.2) is 39.4 Å². The molecule has 170 valence electrons. The van der Waals surface area contributed by atoms with E-state index in [-0.39, 0.29) is 35.6 Å². The molecule has 4 rings (SSSR count). The van der Waals surface area contributed by atoms with Gasteiger partial charge in [-0.05, 0) is 43.2 Å². The summed E-state index contributed by atoms with van der Waals surface area (Å²) in [6.07, 6.45) is 3.57. The molecule has 1 unspecified atom stereocenters. The van der Waals surface area contributed by atoms with Gasteiger partial charge in [0.05, 0.1) is 5.92 Å². The highest BCUT2D eigenvalue weighted by Gasteiger charge is 2.63. The summed E-state index contributed by atoms with van der Waals surface area (Å²) in [5.41, 5.74) is -0.596. The van der Waals surface area contributed by atoms with Crippen molar-refractivity contribution < 1.29 is 18.8 Å². The molecule has 0 bridgehead atoms. The minimum absolute atomic E-state index is 0.0816. The molecule has 4 atom stereocenters. The van der Waals surface area contributed by atoms with E-state index in [9.17, 15) is 19.2 Å². The number of amides is 2. The maximum Gasteiger partial charge on any atom is 0.434 e. The minimum Gasteiger partial charge on any atom is -0.384 e. The molecular weight excluding hydrogens is 412 g/mol. The standard InChI is InChI=1S/C23H28N4O5/c1-13(2)16-12-23(16,18(28)21-26-27-22(31)32-21)25-20(30)15-10-6-7-11-17(15)24-19(29)14-8-4-3-5-9-14/h3-5,8-9,13,15-17H,6-7,10-12H2,1-2H3,(H,24,29)(H,25,30)(H,27,31)/t15-,16+,17+,23?/m1/s1. The molecule has 9 heteroatoms. The topological polar surface area (TPSA) is 134 Å². The van der Waals surface area contributed by atoms with E-state index in [2.05, 4.69) is 20.8 Å². The second kappa shape index (κ2) is 8.72. The van der Waals surface area contributed by atoms with Gasteiger partial charge in [0.15, 0.2) is 0 Å². The Morgan fingerprint density at radius 2 is 1.88 bits per heavy atom. The Morgan fingerprint density at radius 3 is 2.50 bits per heavy atom. The van der Waals surface area contributed by atoms with Crippen LogP contribution in [0, 0.1) is 17.8 Å². The Morgan fingerprint density at radius 1 is 1.16 bits per heavy atom. The third kappa shape index (κ3) is 4.24. The Bertz CT molecular complexity index is 1060. The van der Waals surface area contributed by atoms with Crippen LogP contribution in [0.2, 0.25) is 0 Å². The van der Waals surface area contributed by atoms with Gasteiger partial charge in [0.25, 0.3) is 11.8 Å². The van der Waals surface area contributed by atoms with Crippen molar-refractivity contribution in [3.63, 3.8) is 0 Å². The first-order chi connectivity index (χ1) is 15.3. The summed E-state index contributed by atoms with van der Waals surface area (Å²) in [7, 11) is 0. The number of hydrogen-bond donors (Lipinski definition) is 3. The lowest BCUT2D eigenvalue weighted by Gasteiger charge is -2.32. The lowest BCUT2D eigenvalue weighted by molar-refractivity contribution is -0.127. The number of ketones is 1. The molecule has 1 aromatic heterocycles. The smallest absolute Gasteiger partial charge is 0.384 e. The van der Waals surface area contributed by atoms with Crippen molar-refractivity contribution in [3.05, 3.63) is 52.3 Å². The number of aromatic amines is 1. The van der Waals surface area contributed by atoms with Gasteiger partial charge in [-0.3, -0.25) is 14.4 Å². The number of H-pyrrole nitrogens is 1.